The Morgan fingerprint density at radius 2 is 1.55 bits per heavy atom. The van der Waals surface area contributed by atoms with Crippen molar-refractivity contribution in [2.45, 2.75) is 94.0 Å². The van der Waals surface area contributed by atoms with Crippen molar-refractivity contribution in [1.29, 1.82) is 0 Å². The first-order chi connectivity index (χ1) is 9.85. The number of rotatable bonds is 9. The zero-order chi connectivity index (χ0) is 17.3. The molecule has 4 unspecified atom stereocenters. The van der Waals surface area contributed by atoms with Crippen molar-refractivity contribution < 1.29 is 0 Å². The van der Waals surface area contributed by atoms with E-state index in [9.17, 15) is 0 Å². The van der Waals surface area contributed by atoms with Crippen molar-refractivity contribution >= 4 is 6.72 Å². The molecule has 1 aliphatic carbocycles. The van der Waals surface area contributed by atoms with Gasteiger partial charge in [0.2, 0.25) is 0 Å². The van der Waals surface area contributed by atoms with Crippen LogP contribution >= 0.6 is 0 Å². The molecule has 0 aromatic rings. The van der Waals surface area contributed by atoms with E-state index < -0.39 is 0 Å². The Morgan fingerprint density at radius 3 is 1.95 bits per heavy atom. The van der Waals surface area contributed by atoms with Crippen molar-refractivity contribution in [1.82, 2.24) is 0 Å². The van der Waals surface area contributed by atoms with E-state index in [2.05, 4.69) is 74.0 Å². The molecule has 1 aliphatic rings. The third-order valence-electron chi connectivity index (χ3n) is 7.18. The highest BCUT2D eigenvalue weighted by Gasteiger charge is 2.56. The van der Waals surface area contributed by atoms with E-state index in [0.717, 1.165) is 17.8 Å². The third-order valence-corrected chi connectivity index (χ3v) is 7.18. The maximum atomic E-state index is 4.14. The van der Waals surface area contributed by atoms with Gasteiger partial charge in [-0.25, -0.2) is 0 Å². The summed E-state index contributed by atoms with van der Waals surface area (Å²) in [6.45, 7) is 25.5. The summed E-state index contributed by atoms with van der Waals surface area (Å²) < 4.78 is 0. The molecule has 1 fully saturated rings. The molecule has 0 saturated heterocycles. The number of nitrogens with zero attached hydrogens (tertiary/aromatic N) is 1. The highest BCUT2D eigenvalue weighted by Crippen LogP contribution is 2.64. The summed E-state index contributed by atoms with van der Waals surface area (Å²) in [6.07, 6.45) is 5.10. The molecule has 1 rings (SSSR count). The Morgan fingerprint density at radius 1 is 1.05 bits per heavy atom. The number of hydrogen-bond donors (Lipinski definition) is 0. The molecule has 0 bridgehead atoms. The van der Waals surface area contributed by atoms with Crippen LogP contribution in [0.2, 0.25) is 0 Å². The molecule has 1 nitrogen and oxygen atoms in total. The normalized spacial score (nSPS) is 31.7. The van der Waals surface area contributed by atoms with Gasteiger partial charge in [-0.1, -0.05) is 55.4 Å². The van der Waals surface area contributed by atoms with Gasteiger partial charge in [-0.3, -0.25) is 4.99 Å². The Balaban J connectivity index is 2.59. The van der Waals surface area contributed by atoms with Crippen LogP contribution in [0.25, 0.3) is 0 Å². The first kappa shape index (κ1) is 19.7. The Kier molecular flexibility index (Phi) is 5.96. The van der Waals surface area contributed by atoms with Crippen LogP contribution in [0.3, 0.4) is 0 Å². The van der Waals surface area contributed by atoms with Gasteiger partial charge in [0.1, 0.15) is 0 Å². The minimum absolute atomic E-state index is 0.391. The first-order valence-electron chi connectivity index (χ1n) is 9.31. The maximum Gasteiger partial charge on any atom is 0.0464 e. The van der Waals surface area contributed by atoms with Gasteiger partial charge in [-0.2, -0.15) is 0 Å². The monoisotopic (exact) mass is 307 g/mol. The van der Waals surface area contributed by atoms with E-state index in [-0.39, 0.29) is 0 Å². The van der Waals surface area contributed by atoms with Crippen LogP contribution in [0.1, 0.15) is 88.0 Å². The molecule has 1 saturated carbocycles. The van der Waals surface area contributed by atoms with Crippen LogP contribution in [-0.4, -0.2) is 12.8 Å². The fourth-order valence-corrected chi connectivity index (χ4v) is 4.87. The van der Waals surface area contributed by atoms with E-state index in [4.69, 9.17) is 0 Å². The minimum atomic E-state index is 0.391. The zero-order valence-electron chi connectivity index (χ0n) is 16.8. The SMILES string of the molecule is C=NC(C)CCC(C)C(C)(C)CC(C)(C)CC1(C)C(C)C1C. The van der Waals surface area contributed by atoms with E-state index in [1.165, 1.54) is 25.7 Å². The molecule has 0 aromatic carbocycles. The van der Waals surface area contributed by atoms with E-state index in [1.807, 2.05) is 0 Å². The molecular formula is C21H41N. The molecule has 0 aliphatic heterocycles. The van der Waals surface area contributed by atoms with Crippen molar-refractivity contribution in [3.8, 4) is 0 Å². The summed E-state index contributed by atoms with van der Waals surface area (Å²) in [5.41, 5.74) is 1.39. The lowest BCUT2D eigenvalue weighted by molar-refractivity contribution is 0.0971. The van der Waals surface area contributed by atoms with E-state index in [1.54, 1.807) is 0 Å². The van der Waals surface area contributed by atoms with Crippen LogP contribution in [0.5, 0.6) is 0 Å². The van der Waals surface area contributed by atoms with Crippen LogP contribution in [0, 0.1) is 34.0 Å². The molecule has 130 valence electrons. The summed E-state index contributed by atoms with van der Waals surface area (Å²) in [6, 6.07) is 0.401. The summed E-state index contributed by atoms with van der Waals surface area (Å²) in [7, 11) is 0. The van der Waals surface area contributed by atoms with Gasteiger partial charge in [-0.15, -0.1) is 0 Å². The number of aliphatic imine (C=N–C) groups is 1. The molecule has 0 heterocycles. The fraction of sp³-hybridized carbons (Fsp3) is 0.952. The number of hydrogen-bond acceptors (Lipinski definition) is 1. The van der Waals surface area contributed by atoms with Crippen molar-refractivity contribution in [3.05, 3.63) is 0 Å². The standard InChI is InChI=1S/C21H41N/c1-15(11-12-16(2)22-10)20(7,8)13-19(5,6)14-21(9)17(3)18(21)4/h15-18H,10-14H2,1-9H3. The van der Waals surface area contributed by atoms with Crippen molar-refractivity contribution in [2.75, 3.05) is 0 Å². The van der Waals surface area contributed by atoms with Gasteiger partial charge in [0, 0.05) is 6.04 Å². The second kappa shape index (κ2) is 6.65. The zero-order valence-corrected chi connectivity index (χ0v) is 16.8. The molecule has 0 radical (unpaired) electrons. The molecule has 0 amide bonds. The molecule has 0 aromatic heterocycles. The first-order valence-corrected chi connectivity index (χ1v) is 9.31. The second-order valence-corrected chi connectivity index (χ2v) is 10.1. The molecule has 0 N–H and O–H groups in total. The Hall–Kier alpha value is -0.330. The highest BCUT2D eigenvalue weighted by molar-refractivity contribution is 5.23. The second-order valence-electron chi connectivity index (χ2n) is 10.1. The quantitative estimate of drug-likeness (QED) is 0.425. The van der Waals surface area contributed by atoms with Crippen LogP contribution in [0.4, 0.5) is 0 Å². The third kappa shape index (κ3) is 4.59. The highest BCUT2D eigenvalue weighted by atomic mass is 14.7. The van der Waals surface area contributed by atoms with E-state index in [0.29, 0.717) is 22.3 Å². The van der Waals surface area contributed by atoms with Crippen LogP contribution in [0.15, 0.2) is 4.99 Å². The van der Waals surface area contributed by atoms with Crippen LogP contribution in [-0.2, 0) is 0 Å². The van der Waals surface area contributed by atoms with Crippen LogP contribution < -0.4 is 0 Å². The Labute approximate surface area is 140 Å². The molecule has 0 spiro atoms. The Bertz CT molecular complexity index is 371. The largest absolute Gasteiger partial charge is 0.298 e. The van der Waals surface area contributed by atoms with Gasteiger partial charge >= 0.3 is 0 Å². The van der Waals surface area contributed by atoms with Gasteiger partial charge in [-0.05, 0) is 73.3 Å². The fourth-order valence-electron chi connectivity index (χ4n) is 4.87. The van der Waals surface area contributed by atoms with Gasteiger partial charge in [0.15, 0.2) is 0 Å². The van der Waals surface area contributed by atoms with Gasteiger partial charge < -0.3 is 0 Å². The average Bonchev–Trinajstić information content (AvgIpc) is 2.83. The van der Waals surface area contributed by atoms with Gasteiger partial charge in [0.05, 0.1) is 0 Å². The molecular weight excluding hydrogens is 266 g/mol. The lowest BCUT2D eigenvalue weighted by Gasteiger charge is -2.41. The average molecular weight is 308 g/mol. The topological polar surface area (TPSA) is 12.4 Å². The predicted molar refractivity (Wildman–Crippen MR) is 101 cm³/mol. The van der Waals surface area contributed by atoms with E-state index >= 15 is 0 Å². The smallest absolute Gasteiger partial charge is 0.0464 e. The molecule has 4 atom stereocenters. The lowest BCUT2D eigenvalue weighted by atomic mass is 9.64. The van der Waals surface area contributed by atoms with Gasteiger partial charge in [0.25, 0.3) is 0 Å². The summed E-state index contributed by atoms with van der Waals surface area (Å²) in [4.78, 5) is 4.14. The van der Waals surface area contributed by atoms with Crippen molar-refractivity contribution in [2.24, 2.45) is 39.0 Å². The summed E-state index contributed by atoms with van der Waals surface area (Å²) >= 11 is 0. The predicted octanol–water partition coefficient (Wildman–Crippen LogP) is 6.62. The maximum absolute atomic E-state index is 4.14. The molecule has 1 heteroatoms. The lowest BCUT2D eigenvalue weighted by Crippen LogP contribution is -2.31. The summed E-state index contributed by atoms with van der Waals surface area (Å²) in [5, 5.41) is 0. The minimum Gasteiger partial charge on any atom is -0.298 e. The summed E-state index contributed by atoms with van der Waals surface area (Å²) in [5.74, 6) is 2.52. The molecule has 22 heavy (non-hydrogen) atoms. The van der Waals surface area contributed by atoms with Crippen molar-refractivity contribution in [3.63, 3.8) is 0 Å².